The van der Waals surface area contributed by atoms with Gasteiger partial charge in [0.2, 0.25) is 11.5 Å². The van der Waals surface area contributed by atoms with E-state index in [2.05, 4.69) is 10.6 Å². The van der Waals surface area contributed by atoms with Gasteiger partial charge < -0.3 is 25.2 Å². The minimum Gasteiger partial charge on any atom is -0.341 e. The van der Waals surface area contributed by atoms with Gasteiger partial charge in [-0.25, -0.2) is 9.18 Å². The normalized spacial score (nSPS) is 20.8. The second-order valence-electron chi connectivity index (χ2n) is 9.01. The summed E-state index contributed by atoms with van der Waals surface area (Å²) in [5, 5.41) is 5.10. The number of fused-ring (bicyclic) bond motifs is 2. The maximum atomic E-state index is 13.4. The number of Topliss-reactive ketones (excluding diaryl/α,β-unsaturated/α-hetero) is 1. The maximum absolute atomic E-state index is 13.4. The molecule has 10 heteroatoms. The molecule has 1 atom stereocenters. The number of carbonyl (C=O) groups excluding carboxylic acids is 4. The van der Waals surface area contributed by atoms with Crippen LogP contribution in [0, 0.1) is 5.82 Å². The zero-order valence-corrected chi connectivity index (χ0v) is 19.2. The second kappa shape index (κ2) is 8.77. The van der Waals surface area contributed by atoms with Crippen LogP contribution in [0.15, 0.2) is 42.5 Å². The fourth-order valence-electron chi connectivity index (χ4n) is 4.68. The molecule has 0 bridgehead atoms. The summed E-state index contributed by atoms with van der Waals surface area (Å²) < 4.78 is 19.1. The summed E-state index contributed by atoms with van der Waals surface area (Å²) >= 11 is 0. The topological polar surface area (TPSA) is 108 Å². The van der Waals surface area contributed by atoms with Crippen LogP contribution in [-0.4, -0.2) is 59.8 Å². The van der Waals surface area contributed by atoms with E-state index < -0.39 is 23.3 Å². The number of ketones is 1. The number of hydrogen-bond donors (Lipinski definition) is 2. The molecule has 3 aliphatic rings. The average molecular weight is 480 g/mol. The highest BCUT2D eigenvalue weighted by Crippen LogP contribution is 2.43. The smallest absolute Gasteiger partial charge is 0.318 e. The third-order valence-corrected chi connectivity index (χ3v) is 6.64. The van der Waals surface area contributed by atoms with Crippen molar-refractivity contribution in [1.82, 2.24) is 15.1 Å². The Labute approximate surface area is 201 Å². The lowest BCUT2D eigenvalue weighted by Gasteiger charge is -2.26. The summed E-state index contributed by atoms with van der Waals surface area (Å²) in [6, 6.07) is 10.5. The van der Waals surface area contributed by atoms with Crippen LogP contribution in [0.4, 0.5) is 14.9 Å². The summed E-state index contributed by atoms with van der Waals surface area (Å²) in [5.74, 6) is -1.54. The molecule has 35 heavy (non-hydrogen) atoms. The van der Waals surface area contributed by atoms with Crippen LogP contribution in [0.5, 0.6) is 0 Å². The number of anilines is 1. The fourth-order valence-corrected chi connectivity index (χ4v) is 4.68. The molecule has 1 saturated heterocycles. The SMILES string of the molecule is CNC(=O)Nc1ccc2c(c1)CC(=O)[C@]21OCN(CC(=O)N(Cc2ccc(F)cc2)C2CC2)C1=O. The molecule has 2 aliphatic carbocycles. The number of urea groups is 1. The fraction of sp³-hybridized carbons (Fsp3) is 0.360. The third kappa shape index (κ3) is 4.14. The molecular weight excluding hydrogens is 455 g/mol. The van der Waals surface area contributed by atoms with Gasteiger partial charge in [0.25, 0.3) is 5.91 Å². The van der Waals surface area contributed by atoms with Gasteiger partial charge in [-0.15, -0.1) is 0 Å². The van der Waals surface area contributed by atoms with Crippen LogP contribution in [-0.2, 0) is 37.7 Å². The number of nitrogens with zero attached hydrogens (tertiary/aromatic N) is 2. The first-order valence-corrected chi connectivity index (χ1v) is 11.4. The molecule has 1 heterocycles. The van der Waals surface area contributed by atoms with Crippen LogP contribution in [0.3, 0.4) is 0 Å². The summed E-state index contributed by atoms with van der Waals surface area (Å²) in [4.78, 5) is 54.2. The van der Waals surface area contributed by atoms with Crippen LogP contribution in [0.2, 0.25) is 0 Å². The zero-order valence-electron chi connectivity index (χ0n) is 19.2. The molecule has 0 aromatic heterocycles. The quantitative estimate of drug-likeness (QED) is 0.614. The highest BCUT2D eigenvalue weighted by molar-refractivity contribution is 6.15. The minimum atomic E-state index is -1.76. The number of halogens is 1. The lowest BCUT2D eigenvalue weighted by Crippen LogP contribution is -2.46. The van der Waals surface area contributed by atoms with Crippen molar-refractivity contribution < 1.29 is 28.3 Å². The van der Waals surface area contributed by atoms with Crippen molar-refractivity contribution in [2.45, 2.75) is 37.5 Å². The molecule has 2 aromatic rings. The van der Waals surface area contributed by atoms with E-state index in [9.17, 15) is 23.6 Å². The highest BCUT2D eigenvalue weighted by Gasteiger charge is 2.59. The van der Waals surface area contributed by atoms with Crippen molar-refractivity contribution in [3.05, 3.63) is 65.0 Å². The van der Waals surface area contributed by atoms with Crippen LogP contribution in [0.25, 0.3) is 0 Å². The van der Waals surface area contributed by atoms with Gasteiger partial charge in [0.15, 0.2) is 5.78 Å². The van der Waals surface area contributed by atoms with Crippen LogP contribution in [0.1, 0.15) is 29.5 Å². The Balaban J connectivity index is 1.32. The predicted octanol–water partition coefficient (Wildman–Crippen LogP) is 1.90. The van der Waals surface area contributed by atoms with Crippen molar-refractivity contribution >= 4 is 29.3 Å². The molecule has 1 saturated carbocycles. The number of carbonyl (C=O) groups is 4. The molecular formula is C25H25FN4O5. The van der Waals surface area contributed by atoms with E-state index in [0.717, 1.165) is 18.4 Å². The Kier molecular flexibility index (Phi) is 5.76. The van der Waals surface area contributed by atoms with Gasteiger partial charge in [-0.05, 0) is 48.2 Å². The average Bonchev–Trinajstić information content (AvgIpc) is 3.58. The van der Waals surface area contributed by atoms with Gasteiger partial charge in [-0.2, -0.15) is 0 Å². The lowest BCUT2D eigenvalue weighted by molar-refractivity contribution is -0.149. The molecule has 2 fully saturated rings. The molecule has 1 aliphatic heterocycles. The number of nitrogens with one attached hydrogen (secondary N) is 2. The molecule has 182 valence electrons. The summed E-state index contributed by atoms with van der Waals surface area (Å²) in [6.07, 6.45) is 1.74. The van der Waals surface area contributed by atoms with Gasteiger partial charge in [0.1, 0.15) is 19.1 Å². The Hall–Kier alpha value is -3.79. The highest BCUT2D eigenvalue weighted by atomic mass is 19.1. The monoisotopic (exact) mass is 480 g/mol. The van der Waals surface area contributed by atoms with Gasteiger partial charge >= 0.3 is 6.03 Å². The summed E-state index contributed by atoms with van der Waals surface area (Å²) in [5.41, 5.74) is 0.568. The predicted molar refractivity (Wildman–Crippen MR) is 123 cm³/mol. The first-order valence-electron chi connectivity index (χ1n) is 11.4. The number of amides is 4. The molecule has 2 aromatic carbocycles. The van der Waals surface area contributed by atoms with Gasteiger partial charge in [-0.1, -0.05) is 18.2 Å². The van der Waals surface area contributed by atoms with Gasteiger partial charge in [0, 0.05) is 37.3 Å². The number of benzene rings is 2. The van der Waals surface area contributed by atoms with Crippen molar-refractivity contribution in [2.75, 3.05) is 25.6 Å². The molecule has 2 N–H and O–H groups in total. The second-order valence-corrected chi connectivity index (χ2v) is 9.01. The summed E-state index contributed by atoms with van der Waals surface area (Å²) in [6.45, 7) is -0.0685. The van der Waals surface area contributed by atoms with Crippen LogP contribution >= 0.6 is 0 Å². The van der Waals surface area contributed by atoms with E-state index in [1.54, 1.807) is 35.2 Å². The first-order chi connectivity index (χ1) is 16.8. The van der Waals surface area contributed by atoms with Crippen molar-refractivity contribution in [2.24, 2.45) is 0 Å². The zero-order chi connectivity index (χ0) is 24.7. The number of ether oxygens (including phenoxy) is 1. The molecule has 0 radical (unpaired) electrons. The van der Waals surface area contributed by atoms with E-state index in [1.807, 2.05) is 0 Å². The molecule has 4 amide bonds. The first kappa shape index (κ1) is 23.0. The van der Waals surface area contributed by atoms with Crippen molar-refractivity contribution in [3.63, 3.8) is 0 Å². The molecule has 9 nitrogen and oxygen atoms in total. The standard InChI is InChI=1S/C25H25FN4O5/c1-27-24(34)28-18-6-9-20-16(10-18)11-21(31)25(20)23(33)29(14-35-25)13-22(32)30(19-7-8-19)12-15-2-4-17(26)5-3-15/h2-6,9-10,19H,7-8,11-14H2,1H3,(H2,27,28,34)/t25-/m1/s1. The van der Waals surface area contributed by atoms with E-state index in [1.165, 1.54) is 24.1 Å². The number of rotatable bonds is 6. The Bertz CT molecular complexity index is 1210. The third-order valence-electron chi connectivity index (χ3n) is 6.64. The maximum Gasteiger partial charge on any atom is 0.318 e. The Morgan fingerprint density at radius 2 is 1.91 bits per heavy atom. The van der Waals surface area contributed by atoms with Crippen molar-refractivity contribution in [3.8, 4) is 0 Å². The molecule has 1 spiro atoms. The van der Waals surface area contributed by atoms with E-state index >= 15 is 0 Å². The summed E-state index contributed by atoms with van der Waals surface area (Å²) in [7, 11) is 1.49. The van der Waals surface area contributed by atoms with Crippen LogP contribution < -0.4 is 10.6 Å². The van der Waals surface area contributed by atoms with Gasteiger partial charge in [-0.3, -0.25) is 14.4 Å². The van der Waals surface area contributed by atoms with Gasteiger partial charge in [0.05, 0.1) is 0 Å². The molecule has 5 rings (SSSR count). The Morgan fingerprint density at radius 3 is 2.60 bits per heavy atom. The van der Waals surface area contributed by atoms with E-state index in [0.29, 0.717) is 23.4 Å². The minimum absolute atomic E-state index is 0.00904. The van der Waals surface area contributed by atoms with E-state index in [-0.39, 0.29) is 37.5 Å². The largest absolute Gasteiger partial charge is 0.341 e. The lowest BCUT2D eigenvalue weighted by atomic mass is 9.94. The van der Waals surface area contributed by atoms with E-state index in [4.69, 9.17) is 4.74 Å². The molecule has 0 unspecified atom stereocenters. The van der Waals surface area contributed by atoms with Crippen molar-refractivity contribution in [1.29, 1.82) is 0 Å². The Morgan fingerprint density at radius 1 is 1.17 bits per heavy atom. The number of hydrogen-bond acceptors (Lipinski definition) is 5.